The Labute approximate surface area is 237 Å². The summed E-state index contributed by atoms with van der Waals surface area (Å²) in [5, 5.41) is 13.1. The fraction of sp³-hybridized carbons (Fsp3) is 0.406. The highest BCUT2D eigenvalue weighted by molar-refractivity contribution is 7.89. The lowest BCUT2D eigenvalue weighted by Gasteiger charge is -2.57. The molecule has 5 rings (SSSR count). The van der Waals surface area contributed by atoms with Gasteiger partial charge < -0.3 is 10.4 Å². The second kappa shape index (κ2) is 11.4. The Bertz CT molecular complexity index is 1500. The lowest BCUT2D eigenvalue weighted by molar-refractivity contribution is -0.114. The first kappa shape index (κ1) is 28.5. The average molecular weight is 562 g/mol. The summed E-state index contributed by atoms with van der Waals surface area (Å²) in [5.74, 6) is -0.160. The Hall–Kier alpha value is -3.04. The second-order valence-electron chi connectivity index (χ2n) is 11.2. The van der Waals surface area contributed by atoms with Crippen molar-refractivity contribution in [3.63, 3.8) is 0 Å². The van der Waals surface area contributed by atoms with E-state index in [9.17, 15) is 18.3 Å². The maximum atomic E-state index is 13.9. The molecule has 2 heterocycles. The van der Waals surface area contributed by atoms with Gasteiger partial charge in [0.15, 0.2) is 0 Å². The van der Waals surface area contributed by atoms with Crippen molar-refractivity contribution in [1.29, 1.82) is 0 Å². The quantitative estimate of drug-likeness (QED) is 0.449. The summed E-state index contributed by atoms with van der Waals surface area (Å²) in [6, 6.07) is 19.8. The topological polar surface area (TPSA) is 90.0 Å². The van der Waals surface area contributed by atoms with Gasteiger partial charge in [0, 0.05) is 43.7 Å². The number of aliphatic hydroxyl groups is 1. The first-order valence-electron chi connectivity index (χ1n) is 14.0. The van der Waals surface area contributed by atoms with Gasteiger partial charge in [-0.05, 0) is 91.7 Å². The molecule has 2 aliphatic rings. The van der Waals surface area contributed by atoms with Gasteiger partial charge in [0.1, 0.15) is 0 Å². The van der Waals surface area contributed by atoms with Crippen LogP contribution in [0, 0.1) is 20.8 Å². The summed E-state index contributed by atoms with van der Waals surface area (Å²) in [7, 11) is -3.75. The zero-order chi connectivity index (χ0) is 28.6. The maximum Gasteiger partial charge on any atom is 0.243 e. The monoisotopic (exact) mass is 561 g/mol. The molecule has 40 heavy (non-hydrogen) atoms. The van der Waals surface area contributed by atoms with Crippen LogP contribution in [0.5, 0.6) is 0 Å². The van der Waals surface area contributed by atoms with Crippen molar-refractivity contribution in [1.82, 2.24) is 9.21 Å². The number of nitrogens with one attached hydrogen (secondary N) is 1. The third-order valence-electron chi connectivity index (χ3n) is 8.66. The molecule has 2 unspecified atom stereocenters. The van der Waals surface area contributed by atoms with E-state index in [4.69, 9.17) is 0 Å². The number of amides is 1. The van der Waals surface area contributed by atoms with E-state index in [1.807, 2.05) is 0 Å². The first-order chi connectivity index (χ1) is 19.1. The van der Waals surface area contributed by atoms with Gasteiger partial charge >= 0.3 is 0 Å². The number of nitrogens with zero attached hydrogens (tertiary/aromatic N) is 2. The highest BCUT2D eigenvalue weighted by Crippen LogP contribution is 2.43. The predicted octanol–water partition coefficient (Wildman–Crippen LogP) is 4.85. The van der Waals surface area contributed by atoms with Crippen LogP contribution in [0.4, 0.5) is 5.69 Å². The van der Waals surface area contributed by atoms with E-state index in [1.54, 1.807) is 29.4 Å². The molecular weight excluding hydrogens is 522 g/mol. The van der Waals surface area contributed by atoms with Crippen LogP contribution < -0.4 is 5.32 Å². The number of fused-ring (bicyclic) bond motifs is 1. The minimum absolute atomic E-state index is 0.0160. The van der Waals surface area contributed by atoms with Crippen molar-refractivity contribution in [3.8, 4) is 11.1 Å². The molecule has 3 aromatic rings. The molecule has 212 valence electrons. The van der Waals surface area contributed by atoms with Crippen LogP contribution in [0.3, 0.4) is 0 Å². The van der Waals surface area contributed by atoms with E-state index in [0.29, 0.717) is 24.3 Å². The number of rotatable bonds is 6. The van der Waals surface area contributed by atoms with Gasteiger partial charge in [-0.1, -0.05) is 42.5 Å². The molecule has 1 amide bonds. The maximum absolute atomic E-state index is 13.9. The first-order valence-corrected chi connectivity index (χ1v) is 15.5. The van der Waals surface area contributed by atoms with Crippen LogP contribution in [-0.4, -0.2) is 67.0 Å². The van der Waals surface area contributed by atoms with Gasteiger partial charge in [-0.15, -0.1) is 0 Å². The average Bonchev–Trinajstić information content (AvgIpc) is 2.89. The van der Waals surface area contributed by atoms with Crippen LogP contribution in [0.15, 0.2) is 65.6 Å². The number of benzene rings is 3. The summed E-state index contributed by atoms with van der Waals surface area (Å²) in [4.78, 5) is 14.0. The molecule has 0 radical (unpaired) electrons. The summed E-state index contributed by atoms with van der Waals surface area (Å²) >= 11 is 0. The summed E-state index contributed by atoms with van der Waals surface area (Å²) in [6.07, 6.45) is 1.64. The molecule has 2 saturated heterocycles. The molecule has 0 bridgehead atoms. The molecule has 2 N–H and O–H groups in total. The van der Waals surface area contributed by atoms with E-state index in [2.05, 4.69) is 66.5 Å². The van der Waals surface area contributed by atoms with E-state index in [1.165, 1.54) is 23.6 Å². The van der Waals surface area contributed by atoms with Gasteiger partial charge in [-0.25, -0.2) is 8.42 Å². The molecule has 2 aliphatic heterocycles. The number of aryl methyl sites for hydroxylation is 2. The van der Waals surface area contributed by atoms with Crippen LogP contribution in [0.1, 0.15) is 47.9 Å². The van der Waals surface area contributed by atoms with Crippen molar-refractivity contribution in [2.45, 2.75) is 63.4 Å². The number of aliphatic hydroxyl groups excluding tert-OH is 1. The number of carbonyl (C=O) groups is 1. The molecule has 3 aromatic carbocycles. The molecule has 0 aromatic heterocycles. The number of sulfonamides is 1. The van der Waals surface area contributed by atoms with Gasteiger partial charge in [0.05, 0.1) is 11.5 Å². The third-order valence-corrected chi connectivity index (χ3v) is 10.7. The van der Waals surface area contributed by atoms with E-state index in [-0.39, 0.29) is 35.4 Å². The van der Waals surface area contributed by atoms with Crippen molar-refractivity contribution in [2.24, 2.45) is 0 Å². The van der Waals surface area contributed by atoms with E-state index < -0.39 is 10.0 Å². The summed E-state index contributed by atoms with van der Waals surface area (Å²) in [6.45, 7) is 9.17. The van der Waals surface area contributed by atoms with E-state index in [0.717, 1.165) is 30.5 Å². The Morgan fingerprint density at radius 2 is 1.70 bits per heavy atom. The summed E-state index contributed by atoms with van der Waals surface area (Å²) < 4.78 is 29.4. The largest absolute Gasteiger partial charge is 0.395 e. The molecule has 0 aliphatic carbocycles. The Balaban J connectivity index is 1.42. The molecule has 2 fully saturated rings. The molecule has 0 saturated carbocycles. The Morgan fingerprint density at radius 3 is 2.38 bits per heavy atom. The smallest absolute Gasteiger partial charge is 0.243 e. The molecule has 7 nitrogen and oxygen atoms in total. The number of carbonyl (C=O) groups excluding carboxylic acids is 1. The van der Waals surface area contributed by atoms with Gasteiger partial charge in [0.25, 0.3) is 0 Å². The lowest BCUT2D eigenvalue weighted by Crippen LogP contribution is -2.67. The minimum atomic E-state index is -3.75. The second-order valence-corrected chi connectivity index (χ2v) is 13.1. The number of hydrogen-bond acceptors (Lipinski definition) is 5. The normalized spacial score (nSPS) is 22.1. The van der Waals surface area contributed by atoms with Crippen molar-refractivity contribution >= 4 is 21.6 Å². The number of anilines is 1. The zero-order valence-corrected chi connectivity index (χ0v) is 24.5. The van der Waals surface area contributed by atoms with Crippen LogP contribution in [0.2, 0.25) is 0 Å². The Morgan fingerprint density at radius 1 is 0.975 bits per heavy atom. The molecule has 3 atom stereocenters. The summed E-state index contributed by atoms with van der Waals surface area (Å²) in [5.41, 5.74) is 7.20. The van der Waals surface area contributed by atoms with Crippen molar-refractivity contribution < 1.29 is 18.3 Å². The zero-order valence-electron chi connectivity index (χ0n) is 23.7. The fourth-order valence-corrected chi connectivity index (χ4v) is 8.14. The Kier molecular flexibility index (Phi) is 8.15. The highest BCUT2D eigenvalue weighted by atomic mass is 32.2. The minimum Gasteiger partial charge on any atom is -0.395 e. The SMILES string of the molecule is CC(=O)Nc1ccc(S(=O)(=O)N2CCCCN3C(CO)[C@@H](c4ccc(-c5cccc(C)c5C)cc4)C3C2)c(C)c1. The van der Waals surface area contributed by atoms with Gasteiger partial charge in [-0.2, -0.15) is 4.31 Å². The van der Waals surface area contributed by atoms with Crippen LogP contribution in [-0.2, 0) is 14.8 Å². The lowest BCUT2D eigenvalue weighted by atomic mass is 9.74. The molecule has 8 heteroatoms. The van der Waals surface area contributed by atoms with Gasteiger partial charge in [0.2, 0.25) is 15.9 Å². The predicted molar refractivity (Wildman–Crippen MR) is 159 cm³/mol. The fourth-order valence-electron chi connectivity index (χ4n) is 6.43. The highest BCUT2D eigenvalue weighted by Gasteiger charge is 2.50. The standard InChI is InChI=1S/C32H39N3O4S/c1-21-8-7-9-28(23(21)3)25-10-12-26(13-11-25)32-29-19-34(16-5-6-17-35(29)30(32)20-36)40(38,39)31-15-14-27(18-22(31)2)33-24(4)37/h7-15,18,29-30,32,36H,5-6,16-17,19-20H2,1-4H3,(H,33,37)/t29?,30?,32-/m0/s1. The molecule has 0 spiro atoms. The number of hydrogen-bond donors (Lipinski definition) is 2. The van der Waals surface area contributed by atoms with Crippen molar-refractivity contribution in [2.75, 3.05) is 31.6 Å². The van der Waals surface area contributed by atoms with Gasteiger partial charge in [-0.3, -0.25) is 9.69 Å². The van der Waals surface area contributed by atoms with E-state index >= 15 is 0 Å². The third kappa shape index (κ3) is 5.33. The van der Waals surface area contributed by atoms with Crippen molar-refractivity contribution in [3.05, 3.63) is 82.9 Å². The van der Waals surface area contributed by atoms with Crippen LogP contribution in [0.25, 0.3) is 11.1 Å². The molecular formula is C32H39N3O4S. The van der Waals surface area contributed by atoms with Crippen LogP contribution >= 0.6 is 0 Å².